The zero-order valence-electron chi connectivity index (χ0n) is 9.10. The summed E-state index contributed by atoms with van der Waals surface area (Å²) in [5.74, 6) is -0.193. The third-order valence-electron chi connectivity index (χ3n) is 2.31. The summed E-state index contributed by atoms with van der Waals surface area (Å²) in [4.78, 5) is 16.7. The van der Waals surface area contributed by atoms with Crippen LogP contribution >= 0.6 is 11.6 Å². The van der Waals surface area contributed by atoms with Crippen molar-refractivity contribution in [2.75, 3.05) is 25.0 Å². The molecule has 92 valence electrons. The Hall–Kier alpha value is -1.14. The zero-order chi connectivity index (χ0) is 12.3. The van der Waals surface area contributed by atoms with Gasteiger partial charge >= 0.3 is 0 Å². The Morgan fingerprint density at radius 2 is 2.24 bits per heavy atom. The number of hydrogen-bond acceptors (Lipinski definition) is 4. The summed E-state index contributed by atoms with van der Waals surface area (Å²) in [5, 5.41) is 14.0. The lowest BCUT2D eigenvalue weighted by atomic mass is 10.3. The second kappa shape index (κ2) is 5.46. The number of amides is 1. The largest absolute Gasteiger partial charge is 0.389 e. The van der Waals surface area contributed by atoms with E-state index in [-0.39, 0.29) is 19.1 Å². The number of nitrogens with one attached hydrogen (secondary N) is 1. The van der Waals surface area contributed by atoms with Crippen molar-refractivity contribution in [3.8, 4) is 0 Å². The van der Waals surface area contributed by atoms with E-state index in [2.05, 4.69) is 5.32 Å². The average Bonchev–Trinajstić information content (AvgIpc) is 2.67. The third kappa shape index (κ3) is 3.67. The van der Waals surface area contributed by atoms with Gasteiger partial charge in [-0.1, -0.05) is 11.6 Å². The van der Waals surface area contributed by atoms with Gasteiger partial charge in [-0.25, -0.2) is 0 Å². The summed E-state index contributed by atoms with van der Waals surface area (Å²) >= 11 is 5.73. The van der Waals surface area contributed by atoms with Gasteiger partial charge in [-0.3, -0.25) is 9.63 Å². The van der Waals surface area contributed by atoms with Gasteiger partial charge in [0.2, 0.25) is 5.91 Å². The number of anilines is 1. The molecular weight excluding hydrogens is 244 g/mol. The summed E-state index contributed by atoms with van der Waals surface area (Å²) in [6.07, 6.45) is -0.515. The highest BCUT2D eigenvalue weighted by molar-refractivity contribution is 6.30. The highest BCUT2D eigenvalue weighted by atomic mass is 35.5. The fourth-order valence-corrected chi connectivity index (χ4v) is 1.66. The van der Waals surface area contributed by atoms with Gasteiger partial charge in [0.15, 0.2) is 0 Å². The molecule has 1 aliphatic rings. The molecular formula is C11H13ClN2O3. The molecule has 0 bridgehead atoms. The second-order valence-electron chi connectivity index (χ2n) is 3.83. The van der Waals surface area contributed by atoms with Crippen LogP contribution < -0.4 is 5.32 Å². The molecule has 0 aromatic heterocycles. The van der Waals surface area contributed by atoms with Crippen molar-refractivity contribution in [3.05, 3.63) is 29.3 Å². The van der Waals surface area contributed by atoms with Crippen LogP contribution in [0.15, 0.2) is 24.3 Å². The van der Waals surface area contributed by atoms with E-state index >= 15 is 0 Å². The van der Waals surface area contributed by atoms with E-state index in [0.717, 1.165) is 0 Å². The highest BCUT2D eigenvalue weighted by Crippen LogP contribution is 2.13. The van der Waals surface area contributed by atoms with E-state index in [0.29, 0.717) is 17.3 Å². The number of aliphatic hydroxyl groups excluding tert-OH is 1. The van der Waals surface area contributed by atoms with Gasteiger partial charge in [-0.05, 0) is 24.3 Å². The van der Waals surface area contributed by atoms with Crippen LogP contribution in [0.3, 0.4) is 0 Å². The van der Waals surface area contributed by atoms with Crippen LogP contribution in [0.1, 0.15) is 0 Å². The Balaban J connectivity index is 1.83. The first-order valence-corrected chi connectivity index (χ1v) is 5.62. The van der Waals surface area contributed by atoms with Crippen molar-refractivity contribution in [2.24, 2.45) is 0 Å². The van der Waals surface area contributed by atoms with E-state index in [1.54, 1.807) is 24.3 Å². The lowest BCUT2D eigenvalue weighted by Gasteiger charge is -2.13. The predicted octanol–water partition coefficient (Wildman–Crippen LogP) is 0.887. The maximum absolute atomic E-state index is 11.6. The first kappa shape index (κ1) is 12.3. The van der Waals surface area contributed by atoms with Crippen LogP contribution in [0, 0.1) is 0 Å². The number of carbonyl (C=O) groups excluding carboxylic acids is 1. The van der Waals surface area contributed by atoms with E-state index in [1.165, 1.54) is 5.06 Å². The second-order valence-corrected chi connectivity index (χ2v) is 4.26. The summed E-state index contributed by atoms with van der Waals surface area (Å²) in [6, 6.07) is 6.85. The van der Waals surface area contributed by atoms with Crippen LogP contribution in [0.4, 0.5) is 5.69 Å². The number of carbonyl (C=O) groups is 1. The van der Waals surface area contributed by atoms with Crippen molar-refractivity contribution < 1.29 is 14.7 Å². The molecule has 2 rings (SSSR count). The topological polar surface area (TPSA) is 61.8 Å². The third-order valence-corrected chi connectivity index (χ3v) is 2.56. The molecule has 0 aliphatic carbocycles. The maximum Gasteiger partial charge on any atom is 0.240 e. The average molecular weight is 257 g/mol. The minimum Gasteiger partial charge on any atom is -0.389 e. The Bertz CT molecular complexity index is 396. The number of rotatable bonds is 3. The van der Waals surface area contributed by atoms with Crippen molar-refractivity contribution >= 4 is 23.2 Å². The molecule has 17 heavy (non-hydrogen) atoms. The maximum atomic E-state index is 11.6. The molecule has 1 fully saturated rings. The quantitative estimate of drug-likeness (QED) is 0.843. The molecule has 0 spiro atoms. The normalized spacial score (nSPS) is 20.5. The smallest absolute Gasteiger partial charge is 0.240 e. The monoisotopic (exact) mass is 256 g/mol. The van der Waals surface area contributed by atoms with E-state index in [4.69, 9.17) is 16.4 Å². The first-order chi connectivity index (χ1) is 8.13. The van der Waals surface area contributed by atoms with Crippen LogP contribution in [0.25, 0.3) is 0 Å². The van der Waals surface area contributed by atoms with Crippen molar-refractivity contribution in [1.82, 2.24) is 5.06 Å². The first-order valence-electron chi connectivity index (χ1n) is 5.25. The molecule has 2 N–H and O–H groups in total. The predicted molar refractivity (Wildman–Crippen MR) is 63.6 cm³/mol. The minimum absolute atomic E-state index is 0.0969. The number of hydroxylamine groups is 2. The van der Waals surface area contributed by atoms with Crippen molar-refractivity contribution in [2.45, 2.75) is 6.10 Å². The van der Waals surface area contributed by atoms with Crippen molar-refractivity contribution in [1.29, 1.82) is 0 Å². The van der Waals surface area contributed by atoms with Crippen LogP contribution in [-0.4, -0.2) is 41.9 Å². The highest BCUT2D eigenvalue weighted by Gasteiger charge is 2.23. The standard InChI is InChI=1S/C11H13ClN2O3/c12-8-1-3-9(4-2-8)13-11(16)6-14-5-10(15)7-17-14/h1-4,10,15H,5-7H2,(H,13,16). The summed E-state index contributed by atoms with van der Waals surface area (Å²) in [5.41, 5.74) is 0.680. The number of benzene rings is 1. The van der Waals surface area contributed by atoms with Gasteiger partial charge in [0, 0.05) is 10.7 Å². The lowest BCUT2D eigenvalue weighted by molar-refractivity contribution is -0.138. The van der Waals surface area contributed by atoms with Gasteiger partial charge in [-0.15, -0.1) is 0 Å². The zero-order valence-corrected chi connectivity index (χ0v) is 9.85. The van der Waals surface area contributed by atoms with Crippen LogP contribution in [0.5, 0.6) is 0 Å². The fraction of sp³-hybridized carbons (Fsp3) is 0.364. The number of halogens is 1. The summed E-state index contributed by atoms with van der Waals surface area (Å²) < 4.78 is 0. The van der Waals surface area contributed by atoms with E-state index < -0.39 is 6.10 Å². The van der Waals surface area contributed by atoms with Gasteiger partial charge in [0.05, 0.1) is 19.3 Å². The lowest BCUT2D eigenvalue weighted by Crippen LogP contribution is -2.31. The molecule has 1 aromatic rings. The molecule has 1 aliphatic heterocycles. The molecule has 0 saturated carbocycles. The Kier molecular flexibility index (Phi) is 3.96. The molecule has 1 atom stereocenters. The Labute approximate surface area is 104 Å². The molecule has 5 nitrogen and oxygen atoms in total. The summed E-state index contributed by atoms with van der Waals surface area (Å²) in [7, 11) is 0. The number of β-amino-alcohol motifs (C(OH)–C–C–N with tert-alkyl or cyclic N) is 1. The molecule has 0 radical (unpaired) electrons. The number of hydrogen-bond donors (Lipinski definition) is 2. The number of nitrogens with zero attached hydrogens (tertiary/aromatic N) is 1. The molecule has 1 heterocycles. The fourth-order valence-electron chi connectivity index (χ4n) is 1.54. The van der Waals surface area contributed by atoms with E-state index in [9.17, 15) is 9.90 Å². The van der Waals surface area contributed by atoms with Crippen LogP contribution in [0.2, 0.25) is 5.02 Å². The molecule has 6 heteroatoms. The SMILES string of the molecule is O=C(CN1CC(O)CO1)Nc1ccc(Cl)cc1. The van der Waals surface area contributed by atoms with Crippen LogP contribution in [-0.2, 0) is 9.63 Å². The molecule has 1 saturated heterocycles. The van der Waals surface area contributed by atoms with Gasteiger partial charge in [0.1, 0.15) is 6.54 Å². The molecule has 1 unspecified atom stereocenters. The summed E-state index contributed by atoms with van der Waals surface area (Å²) in [6.45, 7) is 0.696. The van der Waals surface area contributed by atoms with Crippen molar-refractivity contribution in [3.63, 3.8) is 0 Å². The number of aliphatic hydroxyl groups is 1. The van der Waals surface area contributed by atoms with Gasteiger partial charge in [0.25, 0.3) is 0 Å². The Morgan fingerprint density at radius 1 is 1.53 bits per heavy atom. The van der Waals surface area contributed by atoms with E-state index in [1.807, 2.05) is 0 Å². The molecule has 1 aromatic carbocycles. The van der Waals surface area contributed by atoms with Gasteiger partial charge in [-0.2, -0.15) is 5.06 Å². The van der Waals surface area contributed by atoms with Gasteiger partial charge < -0.3 is 10.4 Å². The minimum atomic E-state index is -0.515. The Morgan fingerprint density at radius 3 is 2.82 bits per heavy atom. The molecule has 1 amide bonds.